The standard InChI is InChI=1S/C23H18N2O2S/c24-14-18-10-4-6-12-21(18)27-15-23(26)25-19-11-5-7-13-22(19)28-16-20(25)17-8-2-1-3-9-17/h1-13,20H,15-16H2/t20-/m0/s1. The van der Waals surface area contributed by atoms with Crippen molar-refractivity contribution in [3.63, 3.8) is 0 Å². The molecule has 1 aliphatic heterocycles. The van der Waals surface area contributed by atoms with E-state index in [-0.39, 0.29) is 18.6 Å². The van der Waals surface area contributed by atoms with E-state index in [2.05, 4.69) is 6.07 Å². The first-order valence-electron chi connectivity index (χ1n) is 8.98. The Morgan fingerprint density at radius 2 is 1.75 bits per heavy atom. The van der Waals surface area contributed by atoms with Crippen molar-refractivity contribution in [3.8, 4) is 11.8 Å². The Kier molecular flexibility index (Phi) is 5.31. The predicted octanol–water partition coefficient (Wildman–Crippen LogP) is 4.82. The van der Waals surface area contributed by atoms with Gasteiger partial charge < -0.3 is 4.74 Å². The van der Waals surface area contributed by atoms with E-state index >= 15 is 0 Å². The fraction of sp³-hybridized carbons (Fsp3) is 0.130. The van der Waals surface area contributed by atoms with E-state index in [1.54, 1.807) is 36.0 Å². The van der Waals surface area contributed by atoms with Gasteiger partial charge in [-0.3, -0.25) is 9.69 Å². The molecule has 0 spiro atoms. The molecule has 4 rings (SSSR count). The smallest absolute Gasteiger partial charge is 0.265 e. The number of nitriles is 1. The number of ether oxygens (including phenoxy) is 1. The summed E-state index contributed by atoms with van der Waals surface area (Å²) in [5, 5.41) is 9.23. The van der Waals surface area contributed by atoms with Crippen LogP contribution in [0, 0.1) is 11.3 Å². The van der Waals surface area contributed by atoms with Gasteiger partial charge in [0, 0.05) is 10.6 Å². The normalized spacial score (nSPS) is 15.4. The molecule has 0 fully saturated rings. The van der Waals surface area contributed by atoms with Crippen molar-refractivity contribution in [1.82, 2.24) is 0 Å². The van der Waals surface area contributed by atoms with Crippen LogP contribution in [0.5, 0.6) is 5.75 Å². The molecule has 3 aromatic carbocycles. The number of carbonyl (C=O) groups excluding carboxylic acids is 1. The van der Waals surface area contributed by atoms with Crippen molar-refractivity contribution < 1.29 is 9.53 Å². The molecule has 0 radical (unpaired) electrons. The summed E-state index contributed by atoms with van der Waals surface area (Å²) in [5.74, 6) is 1.07. The maximum Gasteiger partial charge on any atom is 0.265 e. The van der Waals surface area contributed by atoms with Gasteiger partial charge in [-0.1, -0.05) is 54.6 Å². The number of amides is 1. The zero-order chi connectivity index (χ0) is 19.3. The lowest BCUT2D eigenvalue weighted by molar-refractivity contribution is -0.121. The second kappa shape index (κ2) is 8.20. The summed E-state index contributed by atoms with van der Waals surface area (Å²) in [7, 11) is 0. The number of thioether (sulfide) groups is 1. The third-order valence-electron chi connectivity index (χ3n) is 4.64. The number of carbonyl (C=O) groups is 1. The van der Waals surface area contributed by atoms with Crippen LogP contribution in [0.25, 0.3) is 0 Å². The van der Waals surface area contributed by atoms with Crippen LogP contribution < -0.4 is 9.64 Å². The highest BCUT2D eigenvalue weighted by molar-refractivity contribution is 7.99. The van der Waals surface area contributed by atoms with Gasteiger partial charge in [0.15, 0.2) is 6.61 Å². The molecule has 138 valence electrons. The number of hydrogen-bond donors (Lipinski definition) is 0. The lowest BCUT2D eigenvalue weighted by atomic mass is 10.1. The summed E-state index contributed by atoms with van der Waals surface area (Å²) in [4.78, 5) is 16.1. The Hall–Kier alpha value is -3.23. The van der Waals surface area contributed by atoms with E-state index in [4.69, 9.17) is 4.74 Å². The average molecular weight is 386 g/mol. The number of fused-ring (bicyclic) bond motifs is 1. The lowest BCUT2D eigenvalue weighted by Crippen LogP contribution is -2.41. The third kappa shape index (κ3) is 3.60. The van der Waals surface area contributed by atoms with Gasteiger partial charge in [0.05, 0.1) is 17.3 Å². The van der Waals surface area contributed by atoms with E-state index in [0.29, 0.717) is 11.3 Å². The van der Waals surface area contributed by atoms with Gasteiger partial charge in [-0.05, 0) is 29.8 Å². The van der Waals surface area contributed by atoms with Crippen molar-refractivity contribution >= 4 is 23.4 Å². The molecule has 1 atom stereocenters. The van der Waals surface area contributed by atoms with Crippen LogP contribution in [0.3, 0.4) is 0 Å². The van der Waals surface area contributed by atoms with Gasteiger partial charge in [0.25, 0.3) is 5.91 Å². The van der Waals surface area contributed by atoms with E-state index in [1.165, 1.54) is 0 Å². The minimum Gasteiger partial charge on any atom is -0.482 e. The molecule has 1 heterocycles. The van der Waals surface area contributed by atoms with E-state index in [9.17, 15) is 10.1 Å². The molecular formula is C23H18N2O2S. The van der Waals surface area contributed by atoms with E-state index in [1.807, 2.05) is 59.5 Å². The molecule has 0 saturated heterocycles. The second-order valence-electron chi connectivity index (χ2n) is 6.37. The summed E-state index contributed by atoms with van der Waals surface area (Å²) in [5.41, 5.74) is 2.41. The zero-order valence-electron chi connectivity index (χ0n) is 15.1. The number of anilines is 1. The van der Waals surface area contributed by atoms with Crippen molar-refractivity contribution in [1.29, 1.82) is 5.26 Å². The summed E-state index contributed by atoms with van der Waals surface area (Å²) < 4.78 is 5.72. The highest BCUT2D eigenvalue weighted by Gasteiger charge is 2.32. The minimum absolute atomic E-state index is 0.0663. The fourth-order valence-corrected chi connectivity index (χ4v) is 4.48. The lowest BCUT2D eigenvalue weighted by Gasteiger charge is -2.37. The van der Waals surface area contributed by atoms with Crippen LogP contribution in [0.15, 0.2) is 83.8 Å². The van der Waals surface area contributed by atoms with Crippen molar-refractivity contribution in [2.45, 2.75) is 10.9 Å². The fourth-order valence-electron chi connectivity index (χ4n) is 3.31. The van der Waals surface area contributed by atoms with Gasteiger partial charge in [0.1, 0.15) is 11.8 Å². The Morgan fingerprint density at radius 1 is 1.04 bits per heavy atom. The molecule has 4 nitrogen and oxygen atoms in total. The van der Waals surface area contributed by atoms with Crippen LogP contribution >= 0.6 is 11.8 Å². The van der Waals surface area contributed by atoms with Crippen molar-refractivity contribution in [2.24, 2.45) is 0 Å². The molecule has 0 unspecified atom stereocenters. The number of hydrogen-bond acceptors (Lipinski definition) is 4. The molecule has 1 aliphatic rings. The summed E-state index contributed by atoms with van der Waals surface area (Å²) in [6, 6.07) is 27.0. The Balaban J connectivity index is 1.63. The van der Waals surface area contributed by atoms with E-state index in [0.717, 1.165) is 21.9 Å². The maximum absolute atomic E-state index is 13.2. The van der Waals surface area contributed by atoms with E-state index < -0.39 is 0 Å². The molecular weight excluding hydrogens is 368 g/mol. The van der Waals surface area contributed by atoms with Gasteiger partial charge in [-0.15, -0.1) is 11.8 Å². The minimum atomic E-state index is -0.130. The van der Waals surface area contributed by atoms with Crippen LogP contribution in [-0.2, 0) is 4.79 Å². The zero-order valence-corrected chi connectivity index (χ0v) is 15.9. The molecule has 0 aliphatic carbocycles. The van der Waals surface area contributed by atoms with Crippen molar-refractivity contribution in [3.05, 3.63) is 90.0 Å². The van der Waals surface area contributed by atoms with Gasteiger partial charge in [-0.2, -0.15) is 5.26 Å². The summed E-state index contributed by atoms with van der Waals surface area (Å²) in [6.07, 6.45) is 0. The predicted molar refractivity (Wildman–Crippen MR) is 110 cm³/mol. The van der Waals surface area contributed by atoms with Crippen LogP contribution in [0.2, 0.25) is 0 Å². The quantitative estimate of drug-likeness (QED) is 0.645. The highest BCUT2D eigenvalue weighted by Crippen LogP contribution is 2.43. The Bertz CT molecular complexity index is 1030. The molecule has 5 heteroatoms. The second-order valence-corrected chi connectivity index (χ2v) is 7.43. The number of benzene rings is 3. The largest absolute Gasteiger partial charge is 0.482 e. The molecule has 0 aromatic heterocycles. The van der Waals surface area contributed by atoms with Crippen LogP contribution in [0.1, 0.15) is 17.2 Å². The molecule has 28 heavy (non-hydrogen) atoms. The summed E-state index contributed by atoms with van der Waals surface area (Å²) >= 11 is 1.76. The van der Waals surface area contributed by atoms with Crippen LogP contribution in [0.4, 0.5) is 5.69 Å². The monoisotopic (exact) mass is 386 g/mol. The number of para-hydroxylation sites is 2. The average Bonchev–Trinajstić information content (AvgIpc) is 2.77. The molecule has 1 amide bonds. The first kappa shape index (κ1) is 18.1. The SMILES string of the molecule is N#Cc1ccccc1OCC(=O)N1c2ccccc2SC[C@H]1c1ccccc1. The Labute approximate surface area is 168 Å². The Morgan fingerprint density at radius 3 is 2.57 bits per heavy atom. The van der Waals surface area contributed by atoms with Crippen LogP contribution in [-0.4, -0.2) is 18.3 Å². The first-order chi connectivity index (χ1) is 13.8. The summed E-state index contributed by atoms with van der Waals surface area (Å²) in [6.45, 7) is -0.124. The number of rotatable bonds is 4. The molecule has 0 N–H and O–H groups in total. The highest BCUT2D eigenvalue weighted by atomic mass is 32.2. The van der Waals surface area contributed by atoms with Gasteiger partial charge in [-0.25, -0.2) is 0 Å². The maximum atomic E-state index is 13.2. The third-order valence-corrected chi connectivity index (χ3v) is 5.78. The molecule has 0 saturated carbocycles. The first-order valence-corrected chi connectivity index (χ1v) is 9.97. The van der Waals surface area contributed by atoms with Gasteiger partial charge >= 0.3 is 0 Å². The molecule has 3 aromatic rings. The number of nitrogens with zero attached hydrogens (tertiary/aromatic N) is 2. The van der Waals surface area contributed by atoms with Gasteiger partial charge in [0.2, 0.25) is 0 Å². The topological polar surface area (TPSA) is 53.3 Å². The molecule has 0 bridgehead atoms. The van der Waals surface area contributed by atoms with Crippen molar-refractivity contribution in [2.75, 3.05) is 17.3 Å².